The number of alkyl halides is 3. The number of nitrogens with zero attached hydrogens (tertiary/aromatic N) is 2. The Kier molecular flexibility index (Phi) is 27.2. The summed E-state index contributed by atoms with van der Waals surface area (Å²) in [6, 6.07) is 6.69. The lowest BCUT2D eigenvalue weighted by atomic mass is 9.47. The van der Waals surface area contributed by atoms with Crippen molar-refractivity contribution in [3.8, 4) is 0 Å². The maximum Gasteiger partial charge on any atom is 0.490 e. The van der Waals surface area contributed by atoms with E-state index in [1.54, 1.807) is 13.8 Å². The van der Waals surface area contributed by atoms with E-state index in [4.69, 9.17) is 21.4 Å². The molecular weight excluding hydrogens is 1250 g/mol. The van der Waals surface area contributed by atoms with Crippen molar-refractivity contribution in [2.24, 2.45) is 52.4 Å². The number of fused-ring (bicyclic) bond motifs is 2. The summed E-state index contributed by atoms with van der Waals surface area (Å²) in [6.45, 7) is 11.8. The van der Waals surface area contributed by atoms with E-state index in [1.807, 2.05) is 88.4 Å². The molecule has 3 heterocycles. The number of benzene rings is 2. The number of nitrogens with two attached hydrogens (primary N) is 2. The van der Waals surface area contributed by atoms with E-state index in [0.717, 1.165) is 30.4 Å². The number of nitrogens with one attached hydrogen (secondary N) is 8. The Labute approximate surface area is 560 Å². The third-order valence-electron chi connectivity index (χ3n) is 19.5. The van der Waals surface area contributed by atoms with Crippen LogP contribution in [-0.4, -0.2) is 173 Å². The first-order valence-corrected chi connectivity index (χ1v) is 34.3. The molecule has 24 nitrogen and oxygen atoms in total. The van der Waals surface area contributed by atoms with Gasteiger partial charge in [-0.1, -0.05) is 102 Å². The summed E-state index contributed by atoms with van der Waals surface area (Å²) < 4.78 is 31.7. The number of hydrogen-bond donors (Lipinski definition) is 11. The fraction of sp³-hybridized carbons (Fsp3) is 0.667. The second kappa shape index (κ2) is 34.5. The normalized spacial score (nSPS) is 30.0. The average Bonchev–Trinajstić information content (AvgIpc) is 0.867. The smallest absolute Gasteiger partial charge is 0.475 e. The lowest BCUT2D eigenvalue weighted by Gasteiger charge is -2.59. The Bertz CT molecular complexity index is 3010. The first kappa shape index (κ1) is 75.7. The Balaban J connectivity index is 0.00000176. The highest BCUT2D eigenvalue weighted by Crippen LogP contribution is 2.61. The van der Waals surface area contributed by atoms with Gasteiger partial charge in [-0.05, 0) is 162 Å². The zero-order valence-corrected chi connectivity index (χ0v) is 56.2. The van der Waals surface area contributed by atoms with Crippen LogP contribution < -0.4 is 54.0 Å². The van der Waals surface area contributed by atoms with Crippen LogP contribution in [0.3, 0.4) is 0 Å². The molecule has 4 saturated carbocycles. The van der Waals surface area contributed by atoms with Gasteiger partial charge in [0.1, 0.15) is 60.4 Å². The first-order valence-electron chi connectivity index (χ1n) is 34.3. The molecule has 96 heavy (non-hydrogen) atoms. The number of amides is 10. The highest BCUT2D eigenvalue weighted by molar-refractivity contribution is 6.00. The molecule has 27 heteroatoms. The SMILES string of the molecule is CC(C)C[C@@H]1NC(=O)[C@H](CCCN)NC(=O)[C@H](C(C)C)NC(=O)[C@@H]2CCCN2C(=O)[C@@H](Cc2ccccc2)NC(=O)[C@H](CC(C)C)NC(=O)[C@H](CCCN)NC(=O)C(C23CC4CC(CC(C4)C2)C3)NC(=O)[C@@H]2CCCN2C(=O)[C@@H](Cc2ccccc2)NC1=O.O=C(O)C(F)(F)F. The van der Waals surface area contributed by atoms with Crippen LogP contribution in [0, 0.1) is 40.9 Å². The molecule has 3 saturated heterocycles. The van der Waals surface area contributed by atoms with Gasteiger partial charge in [0.05, 0.1) is 0 Å². The van der Waals surface area contributed by atoms with Gasteiger partial charge in [-0.3, -0.25) is 47.9 Å². The monoisotopic (exact) mass is 1350 g/mol. The van der Waals surface area contributed by atoms with Crippen LogP contribution in [0.1, 0.15) is 155 Å². The third-order valence-corrected chi connectivity index (χ3v) is 19.5. The summed E-state index contributed by atoms with van der Waals surface area (Å²) >= 11 is 0. The van der Waals surface area contributed by atoms with Crippen molar-refractivity contribution in [3.05, 3.63) is 71.8 Å². The molecule has 7 aliphatic rings. The Morgan fingerprint density at radius 1 is 0.510 bits per heavy atom. The van der Waals surface area contributed by atoms with Gasteiger partial charge in [0, 0.05) is 31.3 Å². The van der Waals surface area contributed by atoms with Crippen LogP contribution in [0.4, 0.5) is 13.2 Å². The number of hydrogen-bond acceptors (Lipinski definition) is 13. The molecule has 530 valence electrons. The van der Waals surface area contributed by atoms with Crippen LogP contribution >= 0.6 is 0 Å². The topological polar surface area (TPSA) is 363 Å². The minimum atomic E-state index is -5.08. The van der Waals surface area contributed by atoms with E-state index in [-0.39, 0.29) is 89.4 Å². The largest absolute Gasteiger partial charge is 0.490 e. The predicted molar refractivity (Wildman–Crippen MR) is 350 cm³/mol. The van der Waals surface area contributed by atoms with Gasteiger partial charge in [-0.25, -0.2) is 4.79 Å². The molecule has 13 N–H and O–H groups in total. The molecule has 0 aromatic heterocycles. The number of rotatable bonds is 16. The van der Waals surface area contributed by atoms with E-state index in [0.29, 0.717) is 62.7 Å². The van der Waals surface area contributed by atoms with E-state index >= 15 is 19.2 Å². The van der Waals surface area contributed by atoms with Gasteiger partial charge in [0.15, 0.2) is 0 Å². The predicted octanol–water partition coefficient (Wildman–Crippen LogP) is 3.42. The van der Waals surface area contributed by atoms with Crippen molar-refractivity contribution in [2.45, 2.75) is 224 Å². The standard InChI is InChI=1S/C67H100N12O10.C2HF3O2/c1-39(2)29-49-59(82)75-52(35-43-19-11-8-12-20-43)66(89)79-28-16-24-54(79)62(85)77-56(67-36-44-31-45(37-67)33-46(32-44)38-67)64(87)71-48(22-14-26-69)58(81)73-50(30-40(3)4)60(83)74-51(34-42-17-9-7-10-18-42)65(88)78-27-15-23-53(78)61(84)76-55(41(5)6)63(86)70-47(21-13-25-68)57(80)72-49;3-2(4,5)1(6)7/h7-12,17-20,39-41,44-56H,13-16,21-38,68-69H2,1-6H3,(H,70,86)(H,71,87)(H,72,80)(H,73,81)(H,74,83)(H,75,82)(H,76,84)(H,77,85);(H,6,7)/t44?,45?,46?,47-,48-,49-,50-,51+,52+,53-,54-,55-,56?,67?;/m0./s1. The second-order valence-corrected chi connectivity index (χ2v) is 28.5. The van der Waals surface area contributed by atoms with E-state index < -0.39 is 143 Å². The van der Waals surface area contributed by atoms with Gasteiger partial charge in [0.25, 0.3) is 0 Å². The first-order chi connectivity index (χ1) is 45.5. The summed E-state index contributed by atoms with van der Waals surface area (Å²) in [4.78, 5) is 161. The molecule has 0 spiro atoms. The number of carbonyl (C=O) groups is 11. The third kappa shape index (κ3) is 20.4. The molecule has 4 aliphatic carbocycles. The maximum absolute atomic E-state index is 15.5. The molecule has 2 aromatic carbocycles. The zero-order valence-electron chi connectivity index (χ0n) is 56.2. The summed E-state index contributed by atoms with van der Waals surface area (Å²) in [7, 11) is 0. The summed E-state index contributed by atoms with van der Waals surface area (Å²) in [5, 5.41) is 30.9. The molecule has 4 bridgehead atoms. The van der Waals surface area contributed by atoms with Crippen molar-refractivity contribution in [1.29, 1.82) is 0 Å². The second-order valence-electron chi connectivity index (χ2n) is 28.5. The number of carbonyl (C=O) groups excluding carboxylic acids is 10. The molecule has 0 radical (unpaired) electrons. The molecule has 3 aliphatic heterocycles. The molecule has 2 aromatic rings. The number of carboxylic acids is 1. The quantitative estimate of drug-likeness (QED) is 0.115. The minimum absolute atomic E-state index is 0.0369. The molecule has 1 unspecified atom stereocenters. The fourth-order valence-electron chi connectivity index (χ4n) is 15.4. The van der Waals surface area contributed by atoms with E-state index in [9.17, 15) is 41.9 Å². The maximum atomic E-state index is 15.5. The Morgan fingerprint density at radius 2 is 0.865 bits per heavy atom. The van der Waals surface area contributed by atoms with Crippen LogP contribution in [0.15, 0.2) is 60.7 Å². The molecule has 10 amide bonds. The van der Waals surface area contributed by atoms with Crippen molar-refractivity contribution in [1.82, 2.24) is 52.3 Å². The van der Waals surface area contributed by atoms with Crippen LogP contribution in [-0.2, 0) is 65.6 Å². The Morgan fingerprint density at radius 3 is 1.23 bits per heavy atom. The van der Waals surface area contributed by atoms with Crippen molar-refractivity contribution >= 4 is 65.0 Å². The molecule has 10 atom stereocenters. The van der Waals surface area contributed by atoms with Crippen molar-refractivity contribution < 1.29 is 71.0 Å². The lowest BCUT2D eigenvalue weighted by molar-refractivity contribution is -0.192. The van der Waals surface area contributed by atoms with Crippen molar-refractivity contribution in [3.63, 3.8) is 0 Å². The van der Waals surface area contributed by atoms with Crippen LogP contribution in [0.25, 0.3) is 0 Å². The zero-order chi connectivity index (χ0) is 70.2. The number of halogens is 3. The summed E-state index contributed by atoms with van der Waals surface area (Å²) in [6.07, 6.45) is 2.77. The van der Waals surface area contributed by atoms with Crippen molar-refractivity contribution in [2.75, 3.05) is 26.2 Å². The highest BCUT2D eigenvalue weighted by atomic mass is 19.4. The van der Waals surface area contributed by atoms with Gasteiger partial charge >= 0.3 is 12.1 Å². The fourth-order valence-corrected chi connectivity index (χ4v) is 15.4. The molecule has 9 rings (SSSR count). The number of aliphatic carboxylic acids is 1. The number of carboxylic acid groups (broad SMARTS) is 1. The van der Waals surface area contributed by atoms with Gasteiger partial charge in [0.2, 0.25) is 59.1 Å². The Hall–Kier alpha value is -7.68. The van der Waals surface area contributed by atoms with Crippen LogP contribution in [0.5, 0.6) is 0 Å². The van der Waals surface area contributed by atoms with E-state index in [2.05, 4.69) is 42.5 Å². The van der Waals surface area contributed by atoms with Gasteiger partial charge in [-0.15, -0.1) is 0 Å². The van der Waals surface area contributed by atoms with Gasteiger partial charge < -0.3 is 68.9 Å². The lowest BCUT2D eigenvalue weighted by Crippen LogP contribution is -2.66. The summed E-state index contributed by atoms with van der Waals surface area (Å²) in [5.74, 6) is -8.52. The molecule has 7 fully saturated rings. The van der Waals surface area contributed by atoms with E-state index in [1.165, 1.54) is 9.80 Å². The van der Waals surface area contributed by atoms with Gasteiger partial charge in [-0.2, -0.15) is 13.2 Å². The molecular formula is C69H101F3N12O12. The highest BCUT2D eigenvalue weighted by Gasteiger charge is 2.57. The minimum Gasteiger partial charge on any atom is -0.475 e. The van der Waals surface area contributed by atoms with Crippen LogP contribution in [0.2, 0.25) is 0 Å². The summed E-state index contributed by atoms with van der Waals surface area (Å²) in [5.41, 5.74) is 12.9. The average molecular weight is 1350 g/mol.